The minimum atomic E-state index is -0.0246. The van der Waals surface area contributed by atoms with E-state index in [0.717, 1.165) is 5.39 Å². The zero-order valence-corrected chi connectivity index (χ0v) is 11.8. The van der Waals surface area contributed by atoms with E-state index in [1.807, 2.05) is 37.3 Å². The lowest BCUT2D eigenvalue weighted by molar-refractivity contribution is 0.103. The normalized spacial score (nSPS) is 10.9. The van der Waals surface area contributed by atoms with Gasteiger partial charge in [0.15, 0.2) is 5.78 Å². The van der Waals surface area contributed by atoms with Crippen LogP contribution in [0.1, 0.15) is 28.6 Å². The lowest BCUT2D eigenvalue weighted by atomic mass is 9.99. The molecule has 1 heterocycles. The minimum Gasteiger partial charge on any atom is -0.460 e. The van der Waals surface area contributed by atoms with E-state index in [-0.39, 0.29) is 5.78 Å². The molecule has 3 aromatic rings. The lowest BCUT2D eigenvalue weighted by Crippen LogP contribution is -2.03. The van der Waals surface area contributed by atoms with Crippen molar-refractivity contribution in [3.05, 3.63) is 70.4 Å². The van der Waals surface area contributed by atoms with Crippen molar-refractivity contribution in [1.29, 1.82) is 0 Å². The predicted molar refractivity (Wildman–Crippen MR) is 80.5 cm³/mol. The summed E-state index contributed by atoms with van der Waals surface area (Å²) in [5, 5.41) is 1.38. The van der Waals surface area contributed by atoms with Crippen LogP contribution in [0.5, 0.6) is 0 Å². The van der Waals surface area contributed by atoms with Gasteiger partial charge in [0.25, 0.3) is 0 Å². The molecule has 0 aliphatic heterocycles. The Balaban J connectivity index is 2.24. The fourth-order valence-corrected chi connectivity index (χ4v) is 2.52. The van der Waals surface area contributed by atoms with E-state index in [9.17, 15) is 4.79 Å². The molecule has 0 N–H and O–H groups in total. The van der Waals surface area contributed by atoms with Gasteiger partial charge in [-0.15, -0.1) is 0 Å². The highest BCUT2D eigenvalue weighted by Crippen LogP contribution is 2.30. The van der Waals surface area contributed by atoms with Gasteiger partial charge >= 0.3 is 0 Å². The summed E-state index contributed by atoms with van der Waals surface area (Å²) in [7, 11) is 0. The molecule has 0 spiro atoms. The van der Waals surface area contributed by atoms with Crippen LogP contribution in [0.2, 0.25) is 5.02 Å². The van der Waals surface area contributed by atoms with Crippen molar-refractivity contribution < 1.29 is 9.21 Å². The number of halogens is 1. The molecule has 3 rings (SSSR count). The molecular weight excluding hydrogens is 272 g/mol. The SMILES string of the molecule is CCc1oc2ccc(Cl)cc2c1C(=O)c1ccccc1. The monoisotopic (exact) mass is 284 g/mol. The fourth-order valence-electron chi connectivity index (χ4n) is 2.35. The second-order valence-corrected chi connectivity index (χ2v) is 5.03. The van der Waals surface area contributed by atoms with Gasteiger partial charge in [-0.2, -0.15) is 0 Å². The van der Waals surface area contributed by atoms with Crippen molar-refractivity contribution in [2.45, 2.75) is 13.3 Å². The molecule has 0 atom stereocenters. The van der Waals surface area contributed by atoms with E-state index in [2.05, 4.69) is 0 Å². The zero-order chi connectivity index (χ0) is 14.1. The summed E-state index contributed by atoms with van der Waals surface area (Å²) < 4.78 is 5.77. The van der Waals surface area contributed by atoms with E-state index in [4.69, 9.17) is 16.0 Å². The third kappa shape index (κ3) is 2.12. The first-order valence-electron chi connectivity index (χ1n) is 6.51. The van der Waals surface area contributed by atoms with Crippen molar-refractivity contribution in [3.63, 3.8) is 0 Å². The second kappa shape index (κ2) is 5.14. The number of carbonyl (C=O) groups excluding carboxylic acids is 1. The topological polar surface area (TPSA) is 30.2 Å². The molecular formula is C17H13ClO2. The molecule has 0 fully saturated rings. The number of hydrogen-bond acceptors (Lipinski definition) is 2. The maximum Gasteiger partial charge on any atom is 0.197 e. The van der Waals surface area contributed by atoms with Crippen LogP contribution < -0.4 is 0 Å². The molecule has 0 amide bonds. The largest absolute Gasteiger partial charge is 0.460 e. The molecule has 2 aromatic carbocycles. The van der Waals surface area contributed by atoms with E-state index < -0.39 is 0 Å². The summed E-state index contributed by atoms with van der Waals surface area (Å²) in [5.74, 6) is 0.680. The molecule has 0 saturated heterocycles. The summed E-state index contributed by atoms with van der Waals surface area (Å²) in [4.78, 5) is 12.7. The van der Waals surface area contributed by atoms with Crippen molar-refractivity contribution >= 4 is 28.4 Å². The smallest absolute Gasteiger partial charge is 0.197 e. The Hall–Kier alpha value is -2.06. The fraction of sp³-hybridized carbons (Fsp3) is 0.118. The first-order valence-corrected chi connectivity index (χ1v) is 6.89. The van der Waals surface area contributed by atoms with E-state index in [0.29, 0.717) is 33.9 Å². The number of fused-ring (bicyclic) bond motifs is 1. The van der Waals surface area contributed by atoms with Crippen molar-refractivity contribution in [2.24, 2.45) is 0 Å². The van der Waals surface area contributed by atoms with Crippen LogP contribution in [0.15, 0.2) is 52.9 Å². The summed E-state index contributed by atoms with van der Waals surface area (Å²) in [5.41, 5.74) is 1.98. The van der Waals surface area contributed by atoms with Crippen LogP contribution >= 0.6 is 11.6 Å². The second-order valence-electron chi connectivity index (χ2n) is 4.59. The van der Waals surface area contributed by atoms with Crippen molar-refractivity contribution in [2.75, 3.05) is 0 Å². The Morgan fingerprint density at radius 3 is 2.60 bits per heavy atom. The molecule has 2 nitrogen and oxygen atoms in total. The standard InChI is InChI=1S/C17H13ClO2/c1-2-14-16(17(19)11-6-4-3-5-7-11)13-10-12(18)8-9-15(13)20-14/h3-10H,2H2,1H3. The van der Waals surface area contributed by atoms with Gasteiger partial charge in [0.1, 0.15) is 11.3 Å². The molecule has 0 radical (unpaired) electrons. The maximum atomic E-state index is 12.7. The number of furan rings is 1. The van der Waals surface area contributed by atoms with E-state index in [1.165, 1.54) is 0 Å². The number of benzene rings is 2. The molecule has 0 aliphatic rings. The predicted octanol–water partition coefficient (Wildman–Crippen LogP) is 4.88. The molecule has 100 valence electrons. The summed E-state index contributed by atoms with van der Waals surface area (Å²) in [6.45, 7) is 1.97. The van der Waals surface area contributed by atoms with Gasteiger partial charge < -0.3 is 4.42 Å². The van der Waals surface area contributed by atoms with Crippen LogP contribution in [-0.4, -0.2) is 5.78 Å². The minimum absolute atomic E-state index is 0.0246. The van der Waals surface area contributed by atoms with E-state index >= 15 is 0 Å². The molecule has 0 bridgehead atoms. The van der Waals surface area contributed by atoms with Gasteiger partial charge in [-0.25, -0.2) is 0 Å². The number of ketones is 1. The van der Waals surface area contributed by atoms with Gasteiger partial charge in [-0.1, -0.05) is 48.9 Å². The third-order valence-electron chi connectivity index (χ3n) is 3.31. The number of rotatable bonds is 3. The Labute approximate surface area is 122 Å². The average Bonchev–Trinajstić information content (AvgIpc) is 2.85. The van der Waals surface area contributed by atoms with Crippen LogP contribution in [-0.2, 0) is 6.42 Å². The number of aryl methyl sites for hydroxylation is 1. The Bertz CT molecular complexity index is 772. The molecule has 3 heteroatoms. The Morgan fingerprint density at radius 1 is 1.15 bits per heavy atom. The van der Waals surface area contributed by atoms with Gasteiger partial charge in [0.2, 0.25) is 0 Å². The summed E-state index contributed by atoms with van der Waals surface area (Å²) >= 11 is 6.04. The molecule has 0 aliphatic carbocycles. The number of carbonyl (C=O) groups is 1. The maximum absolute atomic E-state index is 12.7. The van der Waals surface area contributed by atoms with Crippen LogP contribution in [0.3, 0.4) is 0 Å². The Morgan fingerprint density at radius 2 is 1.90 bits per heavy atom. The van der Waals surface area contributed by atoms with Gasteiger partial charge in [-0.05, 0) is 18.2 Å². The lowest BCUT2D eigenvalue weighted by Gasteiger charge is -2.01. The number of hydrogen-bond donors (Lipinski definition) is 0. The molecule has 0 unspecified atom stereocenters. The van der Waals surface area contributed by atoms with Crippen molar-refractivity contribution in [3.8, 4) is 0 Å². The third-order valence-corrected chi connectivity index (χ3v) is 3.54. The summed E-state index contributed by atoms with van der Waals surface area (Å²) in [6, 6.07) is 14.6. The quantitative estimate of drug-likeness (QED) is 0.642. The van der Waals surface area contributed by atoms with Crippen LogP contribution in [0, 0.1) is 0 Å². The van der Waals surface area contributed by atoms with Crippen LogP contribution in [0.25, 0.3) is 11.0 Å². The van der Waals surface area contributed by atoms with E-state index in [1.54, 1.807) is 18.2 Å². The first-order chi connectivity index (χ1) is 9.70. The molecule has 0 saturated carbocycles. The average molecular weight is 285 g/mol. The first kappa shape index (κ1) is 12.9. The highest BCUT2D eigenvalue weighted by Gasteiger charge is 2.20. The molecule has 1 aromatic heterocycles. The highest BCUT2D eigenvalue weighted by molar-refractivity contribution is 6.31. The van der Waals surface area contributed by atoms with Gasteiger partial charge in [-0.3, -0.25) is 4.79 Å². The van der Waals surface area contributed by atoms with Crippen molar-refractivity contribution in [1.82, 2.24) is 0 Å². The highest BCUT2D eigenvalue weighted by atomic mass is 35.5. The van der Waals surface area contributed by atoms with Gasteiger partial charge in [0.05, 0.1) is 5.56 Å². The molecule has 20 heavy (non-hydrogen) atoms. The Kier molecular flexibility index (Phi) is 3.33. The van der Waals surface area contributed by atoms with Crippen LogP contribution in [0.4, 0.5) is 0 Å². The summed E-state index contributed by atoms with van der Waals surface area (Å²) in [6.07, 6.45) is 0.667. The van der Waals surface area contributed by atoms with Gasteiger partial charge in [0, 0.05) is 22.4 Å². The zero-order valence-electron chi connectivity index (χ0n) is 11.0.